The minimum Gasteiger partial charge on any atom is -0.493 e. The molecule has 0 fully saturated rings. The van der Waals surface area contributed by atoms with Crippen molar-refractivity contribution in [1.29, 1.82) is 0 Å². The molecule has 9 heteroatoms. The Labute approximate surface area is 89.1 Å². The number of nitrogens with two attached hydrogens (primary N) is 1. The number of methoxy groups -OCH3 is 1. The van der Waals surface area contributed by atoms with Gasteiger partial charge < -0.3 is 9.72 Å². The molecule has 0 aliphatic heterocycles. The zero-order valence-electron chi connectivity index (χ0n) is 8.03. The van der Waals surface area contributed by atoms with E-state index in [1.165, 1.54) is 0 Å². The van der Waals surface area contributed by atoms with Crippen molar-refractivity contribution in [1.82, 2.24) is 4.98 Å². The zero-order chi connectivity index (χ0) is 12.5. The van der Waals surface area contributed by atoms with Crippen LogP contribution in [-0.2, 0) is 10.0 Å². The molecule has 0 saturated carbocycles. The van der Waals surface area contributed by atoms with Crippen molar-refractivity contribution in [3.63, 3.8) is 0 Å². The highest BCUT2D eigenvalue weighted by Crippen LogP contribution is 2.31. The predicted octanol–water partition coefficient (Wildman–Crippen LogP) is -0.0315. The van der Waals surface area contributed by atoms with Gasteiger partial charge in [0.15, 0.2) is 10.8 Å². The second-order valence-corrected chi connectivity index (χ2v) is 4.30. The monoisotopic (exact) mass is 254 g/mol. The first-order valence-corrected chi connectivity index (χ1v) is 5.44. The first-order valence-electron chi connectivity index (χ1n) is 3.89. The van der Waals surface area contributed by atoms with Gasteiger partial charge in [-0.25, -0.2) is 22.3 Å². The van der Waals surface area contributed by atoms with Crippen LogP contribution >= 0.6 is 0 Å². The molecule has 0 aromatic carbocycles. The highest BCUT2D eigenvalue weighted by molar-refractivity contribution is 7.89. The van der Waals surface area contributed by atoms with Crippen molar-refractivity contribution in [2.24, 2.45) is 5.14 Å². The smallest absolute Gasteiger partial charge is 0.267 e. The molecule has 6 nitrogen and oxygen atoms in total. The lowest BCUT2D eigenvalue weighted by molar-refractivity contribution is 0.146. The van der Waals surface area contributed by atoms with E-state index in [2.05, 4.69) is 4.74 Å². The van der Waals surface area contributed by atoms with Crippen LogP contribution in [0.25, 0.3) is 0 Å². The molecule has 0 amide bonds. The van der Waals surface area contributed by atoms with Gasteiger partial charge in [-0.2, -0.15) is 0 Å². The SMILES string of the molecule is COc1c(C(F)F)cc(=O)[nH]c1S(N)(=O)=O. The van der Waals surface area contributed by atoms with Gasteiger partial charge in [-0.3, -0.25) is 4.79 Å². The van der Waals surface area contributed by atoms with E-state index >= 15 is 0 Å². The van der Waals surface area contributed by atoms with Crippen LogP contribution in [0.5, 0.6) is 5.75 Å². The normalized spacial score (nSPS) is 11.8. The molecule has 0 atom stereocenters. The quantitative estimate of drug-likeness (QED) is 0.790. The van der Waals surface area contributed by atoms with Crippen LogP contribution in [0.1, 0.15) is 12.0 Å². The number of hydrogen-bond acceptors (Lipinski definition) is 4. The van der Waals surface area contributed by atoms with Gasteiger partial charge in [0.25, 0.3) is 16.4 Å². The molecule has 90 valence electrons. The number of sulfonamides is 1. The maximum absolute atomic E-state index is 12.5. The fraction of sp³-hybridized carbons (Fsp3) is 0.286. The molecule has 0 unspecified atom stereocenters. The second kappa shape index (κ2) is 4.18. The number of nitrogens with one attached hydrogen (secondary N) is 1. The van der Waals surface area contributed by atoms with Crippen LogP contribution in [0.4, 0.5) is 8.78 Å². The molecular weight excluding hydrogens is 246 g/mol. The van der Waals surface area contributed by atoms with Gasteiger partial charge in [-0.1, -0.05) is 0 Å². The lowest BCUT2D eigenvalue weighted by Gasteiger charge is -2.10. The molecule has 1 rings (SSSR count). The number of rotatable bonds is 3. The van der Waals surface area contributed by atoms with Crippen LogP contribution in [0.2, 0.25) is 0 Å². The highest BCUT2D eigenvalue weighted by Gasteiger charge is 2.24. The number of halogens is 2. The summed E-state index contributed by atoms with van der Waals surface area (Å²) in [6, 6.07) is 0.554. The van der Waals surface area contributed by atoms with Crippen molar-refractivity contribution in [3.05, 3.63) is 22.0 Å². The molecule has 0 bridgehead atoms. The van der Waals surface area contributed by atoms with E-state index in [0.29, 0.717) is 6.07 Å². The van der Waals surface area contributed by atoms with Gasteiger partial charge in [0.2, 0.25) is 5.56 Å². The van der Waals surface area contributed by atoms with Gasteiger partial charge in [-0.15, -0.1) is 0 Å². The predicted molar refractivity (Wildman–Crippen MR) is 49.9 cm³/mol. The number of pyridine rings is 1. The summed E-state index contributed by atoms with van der Waals surface area (Å²) >= 11 is 0. The third kappa shape index (κ3) is 2.36. The van der Waals surface area contributed by atoms with E-state index in [0.717, 1.165) is 7.11 Å². The Balaban J connectivity index is 3.69. The van der Waals surface area contributed by atoms with Crippen molar-refractivity contribution in [2.45, 2.75) is 11.5 Å². The van der Waals surface area contributed by atoms with Gasteiger partial charge in [-0.05, 0) is 0 Å². The Bertz CT molecular complexity index is 552. The van der Waals surface area contributed by atoms with E-state index in [4.69, 9.17) is 5.14 Å². The minimum absolute atomic E-state index is 0.554. The fourth-order valence-corrected chi connectivity index (χ4v) is 1.82. The summed E-state index contributed by atoms with van der Waals surface area (Å²) in [5.74, 6) is -0.655. The number of H-pyrrole nitrogens is 1. The fourth-order valence-electron chi connectivity index (χ4n) is 1.12. The molecule has 1 heterocycles. The van der Waals surface area contributed by atoms with Crippen molar-refractivity contribution in [3.8, 4) is 5.75 Å². The van der Waals surface area contributed by atoms with E-state index in [1.807, 2.05) is 4.98 Å². The topological polar surface area (TPSA) is 102 Å². The number of hydrogen-bond donors (Lipinski definition) is 2. The Kier molecular flexibility index (Phi) is 3.29. The number of ether oxygens (including phenoxy) is 1. The largest absolute Gasteiger partial charge is 0.493 e. The van der Waals surface area contributed by atoms with E-state index in [9.17, 15) is 22.0 Å². The zero-order valence-corrected chi connectivity index (χ0v) is 8.85. The summed E-state index contributed by atoms with van der Waals surface area (Å²) in [7, 11) is -3.34. The van der Waals surface area contributed by atoms with Crippen molar-refractivity contribution < 1.29 is 21.9 Å². The molecule has 1 aromatic rings. The first kappa shape index (κ1) is 12.6. The Morgan fingerprint density at radius 2 is 2.06 bits per heavy atom. The average molecular weight is 254 g/mol. The second-order valence-electron chi connectivity index (χ2n) is 2.80. The summed E-state index contributed by atoms with van der Waals surface area (Å²) in [4.78, 5) is 12.8. The van der Waals surface area contributed by atoms with Crippen LogP contribution in [-0.4, -0.2) is 20.5 Å². The Hall–Kier alpha value is -1.48. The van der Waals surface area contributed by atoms with Gasteiger partial charge in [0.05, 0.1) is 12.7 Å². The number of aromatic nitrogens is 1. The van der Waals surface area contributed by atoms with E-state index in [-0.39, 0.29) is 0 Å². The lowest BCUT2D eigenvalue weighted by Crippen LogP contribution is -2.21. The number of aromatic amines is 1. The average Bonchev–Trinajstić information content (AvgIpc) is 2.14. The van der Waals surface area contributed by atoms with Gasteiger partial charge >= 0.3 is 0 Å². The molecule has 1 aromatic heterocycles. The summed E-state index contributed by atoms with van der Waals surface area (Å²) < 4.78 is 51.5. The van der Waals surface area contributed by atoms with Crippen molar-refractivity contribution in [2.75, 3.05) is 7.11 Å². The van der Waals surface area contributed by atoms with Crippen LogP contribution in [0.3, 0.4) is 0 Å². The van der Waals surface area contributed by atoms with Gasteiger partial charge in [0, 0.05) is 6.07 Å². The minimum atomic E-state index is -4.34. The van der Waals surface area contributed by atoms with Crippen LogP contribution < -0.4 is 15.4 Å². The lowest BCUT2D eigenvalue weighted by atomic mass is 10.2. The summed E-state index contributed by atoms with van der Waals surface area (Å²) in [5.41, 5.74) is -1.82. The standard InChI is InChI=1S/C7H8F2N2O4S/c1-15-5-3(6(8)9)2-4(12)11-7(5)16(10,13)14/h2,6H,1H3,(H,11,12)(H2,10,13,14). The third-order valence-corrected chi connectivity index (χ3v) is 2.57. The molecule has 16 heavy (non-hydrogen) atoms. The molecular formula is C7H8F2N2O4S. The van der Waals surface area contributed by atoms with Crippen LogP contribution in [0.15, 0.2) is 15.9 Å². The summed E-state index contributed by atoms with van der Waals surface area (Å²) in [6.45, 7) is 0. The van der Waals surface area contributed by atoms with E-state index < -0.39 is 38.3 Å². The van der Waals surface area contributed by atoms with Gasteiger partial charge in [0.1, 0.15) is 0 Å². The van der Waals surface area contributed by atoms with Crippen LogP contribution in [0, 0.1) is 0 Å². The molecule has 3 N–H and O–H groups in total. The Morgan fingerprint density at radius 3 is 2.44 bits per heavy atom. The Morgan fingerprint density at radius 1 is 1.50 bits per heavy atom. The molecule has 0 saturated heterocycles. The third-order valence-electron chi connectivity index (χ3n) is 1.72. The number of primary sulfonamides is 1. The molecule has 0 radical (unpaired) electrons. The summed E-state index contributed by atoms with van der Waals surface area (Å²) in [6.07, 6.45) is -3.04. The number of alkyl halides is 2. The molecule has 0 spiro atoms. The maximum atomic E-state index is 12.5. The molecule has 0 aliphatic rings. The van der Waals surface area contributed by atoms with Crippen molar-refractivity contribution >= 4 is 10.0 Å². The molecule has 0 aliphatic carbocycles. The summed E-state index contributed by atoms with van der Waals surface area (Å²) in [5, 5.41) is 3.89. The first-order chi connectivity index (χ1) is 7.27. The highest BCUT2D eigenvalue weighted by atomic mass is 32.2. The van der Waals surface area contributed by atoms with E-state index in [1.54, 1.807) is 0 Å². The maximum Gasteiger partial charge on any atom is 0.267 e.